The van der Waals surface area contributed by atoms with Crippen molar-refractivity contribution < 1.29 is 118 Å². The molecule has 6 nitrogen and oxygen atoms in total. The van der Waals surface area contributed by atoms with Crippen molar-refractivity contribution in [2.24, 2.45) is 0 Å². The largest absolute Gasteiger partial charge is 1.00 e. The summed E-state index contributed by atoms with van der Waals surface area (Å²) in [6.07, 6.45) is -1.66. The molecule has 90 valence electrons. The Balaban J connectivity index is -0.000000327. The fourth-order valence-electron chi connectivity index (χ4n) is 0.900. The number of aliphatic hydroxyl groups excluding tert-OH is 1. The van der Waals surface area contributed by atoms with E-state index in [-0.39, 0.29) is 95.1 Å². The quantitative estimate of drug-likeness (QED) is 0.294. The molecule has 0 aromatic carbocycles. The minimum Gasteiger partial charge on any atom is -0.810 e. The van der Waals surface area contributed by atoms with E-state index in [1.165, 1.54) is 6.92 Å². The zero-order valence-corrected chi connectivity index (χ0v) is 19.1. The van der Waals surface area contributed by atoms with Gasteiger partial charge in [-0.15, -0.1) is 0 Å². The van der Waals surface area contributed by atoms with Crippen molar-refractivity contribution >= 4 is 15.0 Å². The van der Waals surface area contributed by atoms with Gasteiger partial charge in [0.1, 0.15) is 0 Å². The van der Waals surface area contributed by atoms with E-state index in [0.29, 0.717) is 5.57 Å². The number of rotatable bonds is 6. The van der Waals surface area contributed by atoms with E-state index < -0.39 is 33.1 Å². The van der Waals surface area contributed by atoms with Gasteiger partial charge in [0.05, 0.1) is 6.10 Å². The summed E-state index contributed by atoms with van der Waals surface area (Å²) < 4.78 is 21.3. The van der Waals surface area contributed by atoms with Gasteiger partial charge >= 0.3 is 88.7 Å². The maximum atomic E-state index is 11.1. The van der Waals surface area contributed by atoms with Crippen LogP contribution in [0.5, 0.6) is 0 Å². The third kappa shape index (κ3) is 17.1. The van der Waals surface area contributed by atoms with E-state index >= 15 is 0 Å². The molecule has 0 saturated carbocycles. The molecule has 0 bridgehead atoms. The van der Waals surface area contributed by atoms with Gasteiger partial charge in [0.15, 0.2) is 0 Å². The smallest absolute Gasteiger partial charge is 0.810 e. The van der Waals surface area contributed by atoms with E-state index in [1.807, 2.05) is 0 Å². The molecular formula is C7H13Na3O6P2. The summed E-state index contributed by atoms with van der Waals surface area (Å²) in [6.45, 7) is 4.93. The zero-order valence-electron chi connectivity index (χ0n) is 11.3. The van der Waals surface area contributed by atoms with E-state index in [1.54, 1.807) is 0 Å². The maximum Gasteiger partial charge on any atom is 1.00 e. The first-order valence-electron chi connectivity index (χ1n) is 4.17. The fourth-order valence-corrected chi connectivity index (χ4v) is 4.21. The molecule has 2 atom stereocenters. The van der Waals surface area contributed by atoms with Crippen molar-refractivity contribution in [2.75, 3.05) is 12.1 Å². The molecule has 0 aromatic rings. The molecule has 0 amide bonds. The zero-order chi connectivity index (χ0) is 12.3. The second-order valence-electron chi connectivity index (χ2n) is 3.44. The first kappa shape index (κ1) is 29.1. The first-order valence-corrected chi connectivity index (χ1v) is 7.89. The van der Waals surface area contributed by atoms with Crippen molar-refractivity contribution in [1.29, 1.82) is 0 Å². The van der Waals surface area contributed by atoms with Gasteiger partial charge in [0.2, 0.25) is 0 Å². The molecule has 11 heteroatoms. The average Bonchev–Trinajstić information content (AvgIpc) is 1.95. The van der Waals surface area contributed by atoms with Crippen molar-refractivity contribution in [3.63, 3.8) is 0 Å². The molecule has 18 heavy (non-hydrogen) atoms. The van der Waals surface area contributed by atoms with Crippen LogP contribution in [-0.2, 0) is 9.13 Å². The van der Waals surface area contributed by atoms with Gasteiger partial charge in [-0.25, -0.2) is 0 Å². The van der Waals surface area contributed by atoms with Crippen molar-refractivity contribution in [1.82, 2.24) is 0 Å². The van der Waals surface area contributed by atoms with Crippen molar-refractivity contribution in [3.8, 4) is 0 Å². The van der Waals surface area contributed by atoms with E-state index in [4.69, 9.17) is 0 Å². The molecule has 0 aliphatic heterocycles. The van der Waals surface area contributed by atoms with Gasteiger partial charge in [-0.2, -0.15) is 0 Å². The molecule has 0 rings (SSSR count). The number of aliphatic hydroxyl groups is 1. The summed E-state index contributed by atoms with van der Waals surface area (Å²) in [5, 5.41) is 9.20. The second kappa shape index (κ2) is 12.6. The summed E-state index contributed by atoms with van der Waals surface area (Å²) in [7, 11) is -9.30. The van der Waals surface area contributed by atoms with E-state index in [2.05, 4.69) is 6.58 Å². The Morgan fingerprint density at radius 1 is 1.22 bits per heavy atom. The molecule has 0 heterocycles. The summed E-state index contributed by atoms with van der Waals surface area (Å²) in [4.78, 5) is 31.6. The minimum atomic E-state index is -5.05. The van der Waals surface area contributed by atoms with Gasteiger partial charge in [0.25, 0.3) is 0 Å². The molecule has 1 N–H and O–H groups in total. The fraction of sp³-hybridized carbons (Fsp3) is 0.714. The SMILES string of the molecule is C=C(C)C(O)CCP(=O)([O-])CP(=O)([O-])[O-].[Na+].[Na+].[Na+]. The normalized spacial score (nSPS) is 15.2. The molecule has 0 radical (unpaired) electrons. The van der Waals surface area contributed by atoms with E-state index in [9.17, 15) is 28.9 Å². The van der Waals surface area contributed by atoms with Crippen LogP contribution in [-0.4, -0.2) is 23.3 Å². The van der Waals surface area contributed by atoms with Crippen molar-refractivity contribution in [3.05, 3.63) is 12.2 Å². The third-order valence-corrected chi connectivity index (χ3v) is 5.75. The molecule has 0 aromatic heterocycles. The van der Waals surface area contributed by atoms with Gasteiger partial charge in [0, 0.05) is 13.3 Å². The Morgan fingerprint density at radius 2 is 1.61 bits per heavy atom. The predicted molar refractivity (Wildman–Crippen MR) is 50.4 cm³/mol. The molecule has 0 spiro atoms. The van der Waals surface area contributed by atoms with Gasteiger partial charge in [-0.1, -0.05) is 19.7 Å². The Morgan fingerprint density at radius 3 is 1.89 bits per heavy atom. The Bertz CT molecular complexity index is 331. The third-order valence-electron chi connectivity index (χ3n) is 1.70. The summed E-state index contributed by atoms with van der Waals surface area (Å²) >= 11 is 0. The average molecular weight is 324 g/mol. The molecule has 0 saturated heterocycles. The Hall–Kier alpha value is 3.04. The molecule has 2 unspecified atom stereocenters. The minimum absolute atomic E-state index is 0. The monoisotopic (exact) mass is 324 g/mol. The summed E-state index contributed by atoms with van der Waals surface area (Å²) in [5.74, 6) is -1.37. The molecular weight excluding hydrogens is 311 g/mol. The van der Waals surface area contributed by atoms with Crippen LogP contribution < -0.4 is 103 Å². The van der Waals surface area contributed by atoms with Crippen LogP contribution in [0.4, 0.5) is 0 Å². The molecule has 0 aliphatic rings. The van der Waals surface area contributed by atoms with Crippen LogP contribution in [0.15, 0.2) is 12.2 Å². The van der Waals surface area contributed by atoms with Crippen LogP contribution in [0.3, 0.4) is 0 Å². The van der Waals surface area contributed by atoms with Crippen LogP contribution >= 0.6 is 15.0 Å². The maximum absolute atomic E-state index is 11.1. The predicted octanol–water partition coefficient (Wildman–Crippen LogP) is -10.2. The van der Waals surface area contributed by atoms with E-state index in [0.717, 1.165) is 0 Å². The second-order valence-corrected chi connectivity index (χ2v) is 7.87. The Kier molecular flexibility index (Phi) is 20.3. The number of hydrogen-bond acceptors (Lipinski definition) is 6. The summed E-state index contributed by atoms with van der Waals surface area (Å²) in [5.41, 5.74) is 0.391. The van der Waals surface area contributed by atoms with Crippen molar-refractivity contribution in [2.45, 2.75) is 19.4 Å². The summed E-state index contributed by atoms with van der Waals surface area (Å²) in [6, 6.07) is 0. The van der Waals surface area contributed by atoms with Gasteiger partial charge in [-0.05, 0) is 19.5 Å². The molecule has 0 fully saturated rings. The molecule has 0 aliphatic carbocycles. The standard InChI is InChI=1S/C7H16O6P2.3Na/c1-6(2)7(8)3-4-14(9,10)5-15(11,12)13;;;/h7-8H,1,3-5H2,2H3,(H,9,10)(H2,11,12,13);;;/q;3*+1/p-3. The van der Waals surface area contributed by atoms with Gasteiger partial charge < -0.3 is 28.9 Å². The van der Waals surface area contributed by atoms with Crippen LogP contribution in [0.25, 0.3) is 0 Å². The number of hydrogen-bond donors (Lipinski definition) is 1. The van der Waals surface area contributed by atoms with Crippen LogP contribution in [0.2, 0.25) is 0 Å². The van der Waals surface area contributed by atoms with Crippen LogP contribution in [0, 0.1) is 0 Å². The van der Waals surface area contributed by atoms with Gasteiger partial charge in [-0.3, -0.25) is 0 Å². The first-order chi connectivity index (χ1) is 6.53. The Labute approximate surface area is 173 Å². The topological polar surface area (TPSA) is 124 Å². The van der Waals surface area contributed by atoms with Crippen LogP contribution in [0.1, 0.15) is 13.3 Å².